The van der Waals surface area contributed by atoms with Gasteiger partial charge in [-0.25, -0.2) is 0 Å². The van der Waals surface area contributed by atoms with Gasteiger partial charge in [0.25, 0.3) is 0 Å². The number of ether oxygens (including phenoxy) is 1. The highest BCUT2D eigenvalue weighted by molar-refractivity contribution is 5.27. The van der Waals surface area contributed by atoms with Gasteiger partial charge in [0.05, 0.1) is 0 Å². The maximum absolute atomic E-state index is 8.88. The van der Waals surface area contributed by atoms with Crippen molar-refractivity contribution in [3.63, 3.8) is 0 Å². The number of nitrogens with one attached hydrogen (secondary N) is 1. The van der Waals surface area contributed by atoms with Gasteiger partial charge in [0.1, 0.15) is 12.4 Å². The number of rotatable bonds is 7. The molecule has 1 aromatic carbocycles. The van der Waals surface area contributed by atoms with E-state index in [-0.39, 0.29) is 12.5 Å². The first-order chi connectivity index (χ1) is 8.26. The maximum atomic E-state index is 8.88. The molecule has 0 spiro atoms. The van der Waals surface area contributed by atoms with Gasteiger partial charge in [-0.05, 0) is 23.6 Å². The van der Waals surface area contributed by atoms with Gasteiger partial charge in [-0.15, -0.1) is 6.42 Å². The summed E-state index contributed by atoms with van der Waals surface area (Å²) in [7, 11) is 0. The Morgan fingerprint density at radius 2 is 2.12 bits per heavy atom. The quantitative estimate of drug-likeness (QED) is 0.700. The Balaban J connectivity index is 2.33. The Kier molecular flexibility index (Phi) is 6.16. The first-order valence-corrected chi connectivity index (χ1v) is 5.73. The summed E-state index contributed by atoms with van der Waals surface area (Å²) < 4.78 is 5.28. The normalized spacial score (nSPS) is 11.8. The van der Waals surface area contributed by atoms with E-state index in [0.717, 1.165) is 18.8 Å². The molecule has 0 saturated heterocycles. The van der Waals surface area contributed by atoms with E-state index < -0.39 is 0 Å². The van der Waals surface area contributed by atoms with Crippen LogP contribution in [0.1, 0.15) is 12.5 Å². The summed E-state index contributed by atoms with van der Waals surface area (Å²) in [5.74, 6) is 3.50. The van der Waals surface area contributed by atoms with Crippen LogP contribution in [0, 0.1) is 18.3 Å². The fraction of sp³-hybridized carbons (Fsp3) is 0.429. The predicted molar refractivity (Wildman–Crippen MR) is 68.7 cm³/mol. The summed E-state index contributed by atoms with van der Waals surface area (Å²) in [5, 5.41) is 12.2. The highest BCUT2D eigenvalue weighted by Crippen LogP contribution is 2.11. The Hall–Kier alpha value is -1.50. The molecule has 0 heterocycles. The van der Waals surface area contributed by atoms with Crippen molar-refractivity contribution in [2.45, 2.75) is 13.5 Å². The van der Waals surface area contributed by atoms with Crippen LogP contribution >= 0.6 is 0 Å². The van der Waals surface area contributed by atoms with Crippen LogP contribution < -0.4 is 10.1 Å². The van der Waals surface area contributed by atoms with Crippen LogP contribution in [0.15, 0.2) is 24.3 Å². The lowest BCUT2D eigenvalue weighted by atomic mass is 10.2. The lowest BCUT2D eigenvalue weighted by Crippen LogP contribution is -2.22. The smallest absolute Gasteiger partial charge is 0.148 e. The molecule has 0 aromatic heterocycles. The molecule has 1 atom stereocenters. The van der Waals surface area contributed by atoms with Gasteiger partial charge in [0, 0.05) is 19.7 Å². The molecule has 0 aliphatic carbocycles. The summed E-state index contributed by atoms with van der Waals surface area (Å²) in [5.41, 5.74) is 1.18. The van der Waals surface area contributed by atoms with Crippen LogP contribution in [0.3, 0.4) is 0 Å². The van der Waals surface area contributed by atoms with Gasteiger partial charge in [-0.3, -0.25) is 0 Å². The van der Waals surface area contributed by atoms with E-state index >= 15 is 0 Å². The number of terminal acetylenes is 1. The molecule has 0 bridgehead atoms. The van der Waals surface area contributed by atoms with E-state index in [2.05, 4.69) is 11.2 Å². The third kappa shape index (κ3) is 5.39. The zero-order chi connectivity index (χ0) is 12.5. The average Bonchev–Trinajstić information content (AvgIpc) is 2.37. The molecular weight excluding hydrogens is 214 g/mol. The standard InChI is InChI=1S/C14H19NO2/c1-3-8-17-14-6-4-13(5-7-14)10-15-9-12(2)11-16/h1,4-7,12,15-16H,8-11H2,2H3. The summed E-state index contributed by atoms with van der Waals surface area (Å²) in [4.78, 5) is 0. The van der Waals surface area contributed by atoms with Gasteiger partial charge in [-0.2, -0.15) is 0 Å². The number of hydrogen-bond acceptors (Lipinski definition) is 3. The second-order valence-corrected chi connectivity index (χ2v) is 4.06. The Bertz CT molecular complexity index is 353. The van der Waals surface area contributed by atoms with E-state index in [1.807, 2.05) is 31.2 Å². The minimum absolute atomic E-state index is 0.214. The molecule has 0 amide bonds. The molecule has 3 nitrogen and oxygen atoms in total. The molecule has 1 unspecified atom stereocenters. The third-order valence-electron chi connectivity index (χ3n) is 2.38. The minimum atomic E-state index is 0.214. The van der Waals surface area contributed by atoms with Crippen molar-refractivity contribution in [1.82, 2.24) is 5.32 Å². The van der Waals surface area contributed by atoms with Gasteiger partial charge < -0.3 is 15.2 Å². The lowest BCUT2D eigenvalue weighted by Gasteiger charge is -2.10. The van der Waals surface area contributed by atoms with Gasteiger partial charge in [0.15, 0.2) is 0 Å². The van der Waals surface area contributed by atoms with Crippen molar-refractivity contribution in [1.29, 1.82) is 0 Å². The minimum Gasteiger partial charge on any atom is -0.481 e. The zero-order valence-corrected chi connectivity index (χ0v) is 10.1. The Labute approximate surface area is 103 Å². The van der Waals surface area contributed by atoms with Crippen molar-refractivity contribution in [2.75, 3.05) is 19.8 Å². The maximum Gasteiger partial charge on any atom is 0.148 e. The Morgan fingerprint density at radius 1 is 1.41 bits per heavy atom. The topological polar surface area (TPSA) is 41.5 Å². The fourth-order valence-corrected chi connectivity index (χ4v) is 1.36. The Morgan fingerprint density at radius 3 is 2.71 bits per heavy atom. The second-order valence-electron chi connectivity index (χ2n) is 4.06. The monoisotopic (exact) mass is 233 g/mol. The number of hydrogen-bond donors (Lipinski definition) is 2. The molecule has 0 aliphatic heterocycles. The largest absolute Gasteiger partial charge is 0.481 e. The predicted octanol–water partition coefficient (Wildman–Crippen LogP) is 1.42. The summed E-state index contributed by atoms with van der Waals surface area (Å²) in [6.45, 7) is 4.12. The van der Waals surface area contributed by atoms with Crippen LogP contribution in [0.5, 0.6) is 5.75 Å². The summed E-state index contributed by atoms with van der Waals surface area (Å²) in [6.07, 6.45) is 5.11. The molecule has 17 heavy (non-hydrogen) atoms. The van der Waals surface area contributed by atoms with E-state index in [4.69, 9.17) is 16.3 Å². The lowest BCUT2D eigenvalue weighted by molar-refractivity contribution is 0.233. The zero-order valence-electron chi connectivity index (χ0n) is 10.1. The van der Waals surface area contributed by atoms with E-state index in [1.54, 1.807) is 0 Å². The van der Waals surface area contributed by atoms with Gasteiger partial charge in [-0.1, -0.05) is 25.0 Å². The van der Waals surface area contributed by atoms with Crippen LogP contribution in [0.2, 0.25) is 0 Å². The first kappa shape index (κ1) is 13.6. The van der Waals surface area contributed by atoms with Crippen LogP contribution in [0.25, 0.3) is 0 Å². The van der Waals surface area contributed by atoms with Gasteiger partial charge >= 0.3 is 0 Å². The molecule has 0 radical (unpaired) electrons. The molecule has 1 rings (SSSR count). The molecule has 3 heteroatoms. The molecule has 2 N–H and O–H groups in total. The number of benzene rings is 1. The van der Waals surface area contributed by atoms with E-state index in [0.29, 0.717) is 6.61 Å². The van der Waals surface area contributed by atoms with E-state index in [1.165, 1.54) is 5.56 Å². The number of aliphatic hydroxyl groups is 1. The van der Waals surface area contributed by atoms with Crippen molar-refractivity contribution >= 4 is 0 Å². The van der Waals surface area contributed by atoms with Crippen molar-refractivity contribution in [3.05, 3.63) is 29.8 Å². The van der Waals surface area contributed by atoms with Crippen molar-refractivity contribution in [2.24, 2.45) is 5.92 Å². The van der Waals surface area contributed by atoms with Crippen LogP contribution in [-0.2, 0) is 6.54 Å². The fourth-order valence-electron chi connectivity index (χ4n) is 1.36. The summed E-state index contributed by atoms with van der Waals surface area (Å²) in [6, 6.07) is 7.82. The van der Waals surface area contributed by atoms with Crippen LogP contribution in [0.4, 0.5) is 0 Å². The van der Waals surface area contributed by atoms with Crippen LogP contribution in [-0.4, -0.2) is 24.9 Å². The summed E-state index contributed by atoms with van der Waals surface area (Å²) >= 11 is 0. The third-order valence-corrected chi connectivity index (χ3v) is 2.38. The number of aliphatic hydroxyl groups excluding tert-OH is 1. The molecule has 0 aliphatic rings. The first-order valence-electron chi connectivity index (χ1n) is 5.73. The highest BCUT2D eigenvalue weighted by Gasteiger charge is 1.99. The molecule has 1 aromatic rings. The molecule has 92 valence electrons. The van der Waals surface area contributed by atoms with Crippen molar-refractivity contribution < 1.29 is 9.84 Å². The van der Waals surface area contributed by atoms with Crippen molar-refractivity contribution in [3.8, 4) is 18.1 Å². The van der Waals surface area contributed by atoms with Gasteiger partial charge in [0.2, 0.25) is 0 Å². The second kappa shape index (κ2) is 7.72. The average molecular weight is 233 g/mol. The molecule has 0 fully saturated rings. The van der Waals surface area contributed by atoms with E-state index in [9.17, 15) is 0 Å². The SMILES string of the molecule is C#CCOc1ccc(CNCC(C)CO)cc1. The highest BCUT2D eigenvalue weighted by atomic mass is 16.5. The molecule has 0 saturated carbocycles. The molecular formula is C14H19NO2.